The molecule has 6 rings (SSSR count). The highest BCUT2D eigenvalue weighted by Gasteiger charge is 2.38. The van der Waals surface area contributed by atoms with Crippen molar-refractivity contribution in [3.05, 3.63) is 78.5 Å². The molecule has 2 fully saturated rings. The Bertz CT molecular complexity index is 1630. The van der Waals surface area contributed by atoms with Crippen molar-refractivity contribution in [3.63, 3.8) is 0 Å². The Morgan fingerprint density at radius 3 is 2.66 bits per heavy atom. The van der Waals surface area contributed by atoms with Crippen molar-refractivity contribution in [2.75, 3.05) is 38.5 Å². The van der Waals surface area contributed by atoms with Crippen molar-refractivity contribution >= 4 is 28.2 Å². The standard InChI is InChI=1S/C32H37N7O2/c1-3-4-5-6-21(2)26-10-9-22-7-8-23(19-27(22)35-26)29-30-31(33)34-11-12-39(30)32(36-29)24-17-25(18-24)38-15-13-37(14-16-38)20-28(40)41/h3-12,19,21,24-25H,13-18,20H2,1-2H3,(H2,33,34)(H,40,41)/b4-3-,6-5-/t21?,24-,25+. The summed E-state index contributed by atoms with van der Waals surface area (Å²) in [5.74, 6) is 1.26. The third kappa shape index (κ3) is 5.47. The van der Waals surface area contributed by atoms with Gasteiger partial charge in [-0.25, -0.2) is 9.97 Å². The SMILES string of the molecule is C/C=C\C=C/C(C)c1ccc2ccc(-c3nc([C@H]4C[C@@H](N5CCN(CC(=O)O)CC5)C4)n4ccnc(N)c34)cc2n1. The number of carbonyl (C=O) groups is 1. The first-order chi connectivity index (χ1) is 19.9. The monoisotopic (exact) mass is 551 g/mol. The fraction of sp³-hybridized carbons (Fsp3) is 0.375. The van der Waals surface area contributed by atoms with Gasteiger partial charge in [0.15, 0.2) is 0 Å². The zero-order chi connectivity index (χ0) is 28.5. The van der Waals surface area contributed by atoms with Crippen LogP contribution in [0.25, 0.3) is 27.7 Å². The Morgan fingerprint density at radius 1 is 1.12 bits per heavy atom. The van der Waals surface area contributed by atoms with E-state index in [9.17, 15) is 4.79 Å². The summed E-state index contributed by atoms with van der Waals surface area (Å²) in [7, 11) is 0. The van der Waals surface area contributed by atoms with Crippen LogP contribution in [-0.4, -0.2) is 79.0 Å². The number of nitrogen functional groups attached to an aromatic ring is 1. The summed E-state index contributed by atoms with van der Waals surface area (Å²) in [5.41, 5.74) is 11.1. The Balaban J connectivity index is 1.25. The number of nitrogens with zero attached hydrogens (tertiary/aromatic N) is 6. The Morgan fingerprint density at radius 2 is 1.90 bits per heavy atom. The second-order valence-corrected chi connectivity index (χ2v) is 11.2. The predicted octanol–water partition coefficient (Wildman–Crippen LogP) is 4.71. The number of hydrogen-bond donors (Lipinski definition) is 2. The second kappa shape index (κ2) is 11.4. The van der Waals surface area contributed by atoms with Gasteiger partial charge in [0.1, 0.15) is 22.9 Å². The molecule has 9 heteroatoms. The predicted molar refractivity (Wildman–Crippen MR) is 162 cm³/mol. The lowest BCUT2D eigenvalue weighted by molar-refractivity contribution is -0.138. The molecule has 1 unspecified atom stereocenters. The maximum Gasteiger partial charge on any atom is 0.317 e. The molecule has 41 heavy (non-hydrogen) atoms. The molecule has 1 aromatic carbocycles. The van der Waals surface area contributed by atoms with Crippen molar-refractivity contribution in [2.24, 2.45) is 0 Å². The Hall–Kier alpha value is -4.08. The number of carboxylic acid groups (broad SMARTS) is 1. The lowest BCUT2D eigenvalue weighted by Gasteiger charge is -2.45. The van der Waals surface area contributed by atoms with Gasteiger partial charge in [0.05, 0.1) is 12.1 Å². The van der Waals surface area contributed by atoms with E-state index in [1.807, 2.05) is 30.2 Å². The molecular weight excluding hydrogens is 514 g/mol. The minimum Gasteiger partial charge on any atom is -0.480 e. The fourth-order valence-electron chi connectivity index (χ4n) is 6.13. The minimum absolute atomic E-state index is 0.123. The van der Waals surface area contributed by atoms with Crippen molar-refractivity contribution < 1.29 is 9.90 Å². The summed E-state index contributed by atoms with van der Waals surface area (Å²) in [6.07, 6.45) is 14.0. The number of hydrogen-bond acceptors (Lipinski definition) is 7. The van der Waals surface area contributed by atoms with E-state index in [2.05, 4.69) is 63.7 Å². The number of imidazole rings is 1. The summed E-state index contributed by atoms with van der Waals surface area (Å²) in [4.78, 5) is 30.1. The van der Waals surface area contributed by atoms with Crippen LogP contribution in [0.15, 0.2) is 67.0 Å². The number of anilines is 1. The van der Waals surface area contributed by atoms with Crippen molar-refractivity contribution in [3.8, 4) is 11.3 Å². The van der Waals surface area contributed by atoms with E-state index in [0.717, 1.165) is 78.2 Å². The molecule has 1 aliphatic carbocycles. The van der Waals surface area contributed by atoms with Crippen LogP contribution in [0.5, 0.6) is 0 Å². The second-order valence-electron chi connectivity index (χ2n) is 11.2. The summed E-state index contributed by atoms with van der Waals surface area (Å²) < 4.78 is 2.12. The van der Waals surface area contributed by atoms with Crippen LogP contribution in [0.4, 0.5) is 5.82 Å². The zero-order valence-electron chi connectivity index (χ0n) is 23.6. The smallest absolute Gasteiger partial charge is 0.317 e. The zero-order valence-corrected chi connectivity index (χ0v) is 23.6. The number of benzene rings is 1. The van der Waals surface area contributed by atoms with E-state index in [1.165, 1.54) is 0 Å². The molecule has 0 radical (unpaired) electrons. The number of aliphatic carboxylic acids is 1. The van der Waals surface area contributed by atoms with Gasteiger partial charge < -0.3 is 10.8 Å². The molecule has 9 nitrogen and oxygen atoms in total. The molecule has 1 saturated carbocycles. The maximum atomic E-state index is 11.1. The van der Waals surface area contributed by atoms with Crippen LogP contribution in [0.3, 0.4) is 0 Å². The number of pyridine rings is 1. The van der Waals surface area contributed by atoms with Gasteiger partial charge in [-0.3, -0.25) is 24.0 Å². The molecule has 3 aromatic heterocycles. The number of piperazine rings is 1. The van der Waals surface area contributed by atoms with Crippen LogP contribution >= 0.6 is 0 Å². The lowest BCUT2D eigenvalue weighted by Crippen LogP contribution is -2.54. The van der Waals surface area contributed by atoms with E-state index < -0.39 is 5.97 Å². The molecule has 4 heterocycles. The van der Waals surface area contributed by atoms with Gasteiger partial charge in [-0.15, -0.1) is 0 Å². The molecular formula is C32H37N7O2. The average molecular weight is 552 g/mol. The van der Waals surface area contributed by atoms with Crippen LogP contribution < -0.4 is 5.73 Å². The average Bonchev–Trinajstić information content (AvgIpc) is 3.33. The fourth-order valence-corrected chi connectivity index (χ4v) is 6.13. The number of allylic oxidation sites excluding steroid dienone is 4. The number of aromatic nitrogens is 4. The topological polar surface area (TPSA) is 113 Å². The highest BCUT2D eigenvalue weighted by atomic mass is 16.4. The van der Waals surface area contributed by atoms with Gasteiger partial charge in [0, 0.05) is 73.1 Å². The first-order valence-electron chi connectivity index (χ1n) is 14.4. The molecule has 0 bridgehead atoms. The van der Waals surface area contributed by atoms with Crippen molar-refractivity contribution in [1.29, 1.82) is 0 Å². The van der Waals surface area contributed by atoms with Gasteiger partial charge in [0.25, 0.3) is 0 Å². The number of fused-ring (bicyclic) bond motifs is 2. The summed E-state index contributed by atoms with van der Waals surface area (Å²) >= 11 is 0. The van der Waals surface area contributed by atoms with E-state index in [0.29, 0.717) is 17.8 Å². The van der Waals surface area contributed by atoms with Gasteiger partial charge in [-0.1, -0.05) is 49.4 Å². The number of nitrogens with two attached hydrogens (primary N) is 1. The highest BCUT2D eigenvalue weighted by Crippen LogP contribution is 2.42. The third-order valence-electron chi connectivity index (χ3n) is 8.53. The Labute approximate surface area is 240 Å². The molecule has 0 spiro atoms. The number of rotatable bonds is 8. The molecule has 4 aromatic rings. The summed E-state index contributed by atoms with van der Waals surface area (Å²) in [5, 5.41) is 10.2. The molecule has 0 amide bonds. The minimum atomic E-state index is -0.757. The van der Waals surface area contributed by atoms with Gasteiger partial charge in [-0.2, -0.15) is 0 Å². The quantitative estimate of drug-likeness (QED) is 0.303. The molecule has 1 aliphatic heterocycles. The van der Waals surface area contributed by atoms with Crippen LogP contribution in [0.2, 0.25) is 0 Å². The highest BCUT2D eigenvalue weighted by molar-refractivity contribution is 5.90. The van der Waals surface area contributed by atoms with Gasteiger partial charge in [-0.05, 0) is 31.9 Å². The van der Waals surface area contributed by atoms with Crippen molar-refractivity contribution in [2.45, 2.75) is 44.6 Å². The maximum absolute atomic E-state index is 11.1. The molecule has 3 N–H and O–H groups in total. The van der Waals surface area contributed by atoms with E-state index >= 15 is 0 Å². The van der Waals surface area contributed by atoms with Crippen LogP contribution in [0.1, 0.15) is 50.0 Å². The summed E-state index contributed by atoms with van der Waals surface area (Å²) in [6, 6.07) is 11.0. The van der Waals surface area contributed by atoms with Gasteiger partial charge in [0.2, 0.25) is 0 Å². The first-order valence-corrected chi connectivity index (χ1v) is 14.4. The van der Waals surface area contributed by atoms with Gasteiger partial charge >= 0.3 is 5.97 Å². The normalized spacial score (nSPS) is 21.2. The van der Waals surface area contributed by atoms with Crippen LogP contribution in [-0.2, 0) is 4.79 Å². The largest absolute Gasteiger partial charge is 0.480 e. The van der Waals surface area contributed by atoms with E-state index in [4.69, 9.17) is 20.8 Å². The molecule has 212 valence electrons. The third-order valence-corrected chi connectivity index (χ3v) is 8.53. The first kappa shape index (κ1) is 27.1. The van der Waals surface area contributed by atoms with E-state index in [1.54, 1.807) is 6.20 Å². The lowest BCUT2D eigenvalue weighted by atomic mass is 9.78. The van der Waals surface area contributed by atoms with Crippen molar-refractivity contribution in [1.82, 2.24) is 29.2 Å². The molecule has 1 atom stereocenters. The van der Waals surface area contributed by atoms with Crippen LogP contribution in [0, 0.1) is 0 Å². The number of carboxylic acids is 1. The molecule has 1 saturated heterocycles. The summed E-state index contributed by atoms with van der Waals surface area (Å²) in [6.45, 7) is 7.70. The Kier molecular flexibility index (Phi) is 7.55. The molecule has 2 aliphatic rings. The van der Waals surface area contributed by atoms with E-state index in [-0.39, 0.29) is 12.5 Å².